The van der Waals surface area contributed by atoms with Gasteiger partial charge in [0.05, 0.1) is 18.6 Å². The topological polar surface area (TPSA) is 75.0 Å². The lowest BCUT2D eigenvalue weighted by Crippen LogP contribution is -2.36. The zero-order valence-electron chi connectivity index (χ0n) is 20.4. The first-order valence-electron chi connectivity index (χ1n) is 12.2. The second kappa shape index (κ2) is 9.89. The van der Waals surface area contributed by atoms with Gasteiger partial charge in [0.2, 0.25) is 0 Å². The fourth-order valence-electron chi connectivity index (χ4n) is 4.76. The third-order valence-corrected chi connectivity index (χ3v) is 6.62. The van der Waals surface area contributed by atoms with Gasteiger partial charge >= 0.3 is 0 Å². The van der Waals surface area contributed by atoms with E-state index in [0.29, 0.717) is 85.0 Å². The largest absolute Gasteiger partial charge is 0.440 e. The molecule has 0 bridgehead atoms. The van der Waals surface area contributed by atoms with E-state index in [-0.39, 0.29) is 23.8 Å². The Hall–Kier alpha value is -3.46. The lowest BCUT2D eigenvalue weighted by Gasteiger charge is -2.27. The van der Waals surface area contributed by atoms with Gasteiger partial charge in [-0.15, -0.1) is 0 Å². The number of carbonyl (C=O) groups is 1. The summed E-state index contributed by atoms with van der Waals surface area (Å²) in [6.45, 7) is 7.45. The number of hydrogen-bond donors (Lipinski definition) is 1. The molecule has 9 heteroatoms. The van der Waals surface area contributed by atoms with E-state index in [1.54, 1.807) is 12.1 Å². The van der Waals surface area contributed by atoms with Crippen LogP contribution in [0.25, 0.3) is 11.0 Å². The molecule has 7 nitrogen and oxygen atoms in total. The Morgan fingerprint density at radius 1 is 1.08 bits per heavy atom. The Morgan fingerprint density at radius 2 is 1.86 bits per heavy atom. The van der Waals surface area contributed by atoms with Gasteiger partial charge in [-0.25, -0.2) is 8.78 Å². The number of carbonyl (C=O) groups excluding carboxylic acids is 1. The molecule has 1 saturated heterocycles. The van der Waals surface area contributed by atoms with E-state index in [1.165, 1.54) is 12.1 Å². The average molecular weight is 498 g/mol. The Morgan fingerprint density at radius 3 is 2.61 bits per heavy atom. The Balaban J connectivity index is 1.59. The molecule has 2 aliphatic heterocycles. The molecule has 0 unspecified atom stereocenters. The van der Waals surface area contributed by atoms with Crippen molar-refractivity contribution in [2.75, 3.05) is 49.2 Å². The molecule has 0 saturated carbocycles. The van der Waals surface area contributed by atoms with Crippen LogP contribution in [0.3, 0.4) is 0 Å². The lowest BCUT2D eigenvalue weighted by atomic mass is 10.0. The van der Waals surface area contributed by atoms with Crippen molar-refractivity contribution in [3.63, 3.8) is 0 Å². The third-order valence-electron chi connectivity index (χ3n) is 6.62. The van der Waals surface area contributed by atoms with Gasteiger partial charge in [-0.2, -0.15) is 0 Å². The van der Waals surface area contributed by atoms with Crippen LogP contribution in [0.5, 0.6) is 0 Å². The molecular weight excluding hydrogens is 468 g/mol. The van der Waals surface area contributed by atoms with Crippen molar-refractivity contribution in [1.82, 2.24) is 5.32 Å². The zero-order valence-corrected chi connectivity index (χ0v) is 20.4. The van der Waals surface area contributed by atoms with Crippen LogP contribution in [-0.2, 0) is 17.7 Å². The van der Waals surface area contributed by atoms with Crippen molar-refractivity contribution in [3.05, 3.63) is 68.9 Å². The van der Waals surface area contributed by atoms with Gasteiger partial charge in [0.15, 0.2) is 11.3 Å². The summed E-state index contributed by atoms with van der Waals surface area (Å²) in [5.41, 5.74) is 2.00. The summed E-state index contributed by atoms with van der Waals surface area (Å²) >= 11 is 0. The van der Waals surface area contributed by atoms with Gasteiger partial charge in [0.25, 0.3) is 5.91 Å². The van der Waals surface area contributed by atoms with Crippen molar-refractivity contribution in [1.29, 1.82) is 0 Å². The van der Waals surface area contributed by atoms with E-state index in [0.717, 1.165) is 6.07 Å². The van der Waals surface area contributed by atoms with Crippen LogP contribution in [-0.4, -0.2) is 45.3 Å². The Labute approximate surface area is 207 Å². The summed E-state index contributed by atoms with van der Waals surface area (Å²) in [6, 6.07) is 6.93. The normalized spacial score (nSPS) is 15.6. The molecule has 1 amide bonds. The quantitative estimate of drug-likeness (QED) is 0.558. The molecule has 3 aromatic rings. The molecule has 0 radical (unpaired) electrons. The Kier molecular flexibility index (Phi) is 6.66. The average Bonchev–Trinajstić information content (AvgIpc) is 3.25. The molecule has 36 heavy (non-hydrogen) atoms. The lowest BCUT2D eigenvalue weighted by molar-refractivity contribution is 0.0949. The molecule has 0 spiro atoms. The molecular formula is C27H29F2N3O4. The number of anilines is 2. The number of amides is 1. The second-order valence-corrected chi connectivity index (χ2v) is 9.72. The van der Waals surface area contributed by atoms with Gasteiger partial charge in [-0.1, -0.05) is 13.8 Å². The fraction of sp³-hybridized carbons (Fsp3) is 0.407. The first kappa shape index (κ1) is 24.2. The maximum atomic E-state index is 14.4. The SMILES string of the molecule is CC(C)CNC(=O)c1cc(CN2CCc3c(F)cc(F)cc32)c2oc(N3CCOCC3)cc(=O)c2c1. The molecule has 0 atom stereocenters. The first-order chi connectivity index (χ1) is 17.3. The number of hydrogen-bond acceptors (Lipinski definition) is 6. The van der Waals surface area contributed by atoms with Gasteiger partial charge in [0.1, 0.15) is 17.2 Å². The summed E-state index contributed by atoms with van der Waals surface area (Å²) in [5.74, 6) is -0.803. The minimum absolute atomic E-state index is 0.229. The van der Waals surface area contributed by atoms with Crippen LogP contribution in [0.1, 0.15) is 35.3 Å². The monoisotopic (exact) mass is 497 g/mol. The first-order valence-corrected chi connectivity index (χ1v) is 12.2. The van der Waals surface area contributed by atoms with E-state index in [9.17, 15) is 18.4 Å². The van der Waals surface area contributed by atoms with E-state index in [4.69, 9.17) is 9.15 Å². The fourth-order valence-corrected chi connectivity index (χ4v) is 4.76. The molecule has 1 fully saturated rings. The number of rotatable bonds is 6. The van der Waals surface area contributed by atoms with Crippen molar-refractivity contribution in [3.8, 4) is 0 Å². The van der Waals surface area contributed by atoms with Crippen LogP contribution in [0.4, 0.5) is 20.4 Å². The molecule has 1 aromatic heterocycles. The number of fused-ring (bicyclic) bond motifs is 2. The van der Waals surface area contributed by atoms with Crippen molar-refractivity contribution >= 4 is 28.4 Å². The molecule has 1 N–H and O–H groups in total. The summed E-state index contributed by atoms with van der Waals surface area (Å²) in [7, 11) is 0. The van der Waals surface area contributed by atoms with Crippen molar-refractivity contribution in [2.24, 2.45) is 5.92 Å². The molecule has 2 aliphatic rings. The van der Waals surface area contributed by atoms with E-state index >= 15 is 0 Å². The highest BCUT2D eigenvalue weighted by molar-refractivity contribution is 5.98. The molecule has 0 aliphatic carbocycles. The number of nitrogens with one attached hydrogen (secondary N) is 1. The van der Waals surface area contributed by atoms with Gasteiger partial charge in [-0.3, -0.25) is 9.59 Å². The highest BCUT2D eigenvalue weighted by Gasteiger charge is 2.26. The number of morpholine rings is 1. The number of nitrogens with zero attached hydrogens (tertiary/aromatic N) is 2. The maximum Gasteiger partial charge on any atom is 0.251 e. The standard InChI is InChI=1S/C27H29F2N3O4/c1-16(2)14-30-27(34)17-9-18(15-32-4-3-20-22(29)11-19(28)12-23(20)32)26-21(10-17)24(33)13-25(36-26)31-5-7-35-8-6-31/h9-13,16H,3-8,14-15H2,1-2H3,(H,30,34). The summed E-state index contributed by atoms with van der Waals surface area (Å²) in [4.78, 5) is 29.9. The predicted octanol–water partition coefficient (Wildman–Crippen LogP) is 3.86. The third kappa shape index (κ3) is 4.80. The maximum absolute atomic E-state index is 14.4. The van der Waals surface area contributed by atoms with Crippen LogP contribution in [0.15, 0.2) is 39.5 Å². The highest BCUT2D eigenvalue weighted by Crippen LogP contribution is 2.34. The molecule has 5 rings (SSSR count). The second-order valence-electron chi connectivity index (χ2n) is 9.72. The number of halogens is 2. The minimum Gasteiger partial charge on any atom is -0.440 e. The van der Waals surface area contributed by atoms with Gasteiger partial charge in [0, 0.05) is 67.2 Å². The molecule has 3 heterocycles. The summed E-state index contributed by atoms with van der Waals surface area (Å²) in [5, 5.41) is 3.19. The van der Waals surface area contributed by atoms with Crippen molar-refractivity contribution < 1.29 is 22.7 Å². The minimum atomic E-state index is -0.647. The van der Waals surface area contributed by atoms with Crippen molar-refractivity contribution in [2.45, 2.75) is 26.8 Å². The smallest absolute Gasteiger partial charge is 0.251 e. The number of ether oxygens (including phenoxy) is 1. The predicted molar refractivity (Wildman–Crippen MR) is 134 cm³/mol. The Bertz CT molecular complexity index is 1370. The zero-order chi connectivity index (χ0) is 25.4. The summed E-state index contributed by atoms with van der Waals surface area (Å²) < 4.78 is 40.0. The number of benzene rings is 2. The van der Waals surface area contributed by atoms with Gasteiger partial charge in [-0.05, 0) is 30.5 Å². The van der Waals surface area contributed by atoms with Crippen LogP contribution < -0.4 is 20.5 Å². The van der Waals surface area contributed by atoms with E-state index < -0.39 is 11.6 Å². The molecule has 190 valence electrons. The highest BCUT2D eigenvalue weighted by atomic mass is 19.1. The van der Waals surface area contributed by atoms with Crippen LogP contribution >= 0.6 is 0 Å². The molecule has 2 aromatic carbocycles. The van der Waals surface area contributed by atoms with Crippen LogP contribution in [0, 0.1) is 17.6 Å². The summed E-state index contributed by atoms with van der Waals surface area (Å²) in [6.07, 6.45) is 0.441. The van der Waals surface area contributed by atoms with Gasteiger partial charge < -0.3 is 24.3 Å². The van der Waals surface area contributed by atoms with E-state index in [2.05, 4.69) is 5.32 Å². The van der Waals surface area contributed by atoms with E-state index in [1.807, 2.05) is 23.6 Å². The van der Waals surface area contributed by atoms with Crippen LogP contribution in [0.2, 0.25) is 0 Å².